The largest absolute Gasteiger partial charge is 0.311 e. The zero-order valence-electron chi connectivity index (χ0n) is 12.5. The molecule has 116 valence electrons. The molecule has 0 spiro atoms. The van der Waals surface area contributed by atoms with E-state index in [0.29, 0.717) is 29.5 Å². The van der Waals surface area contributed by atoms with Gasteiger partial charge in [0.25, 0.3) is 0 Å². The van der Waals surface area contributed by atoms with Gasteiger partial charge in [-0.15, -0.1) is 0 Å². The van der Waals surface area contributed by atoms with E-state index in [1.165, 1.54) is 31.2 Å². The first-order valence-corrected chi connectivity index (χ1v) is 9.96. The molecule has 0 bridgehead atoms. The molecule has 0 unspecified atom stereocenters. The van der Waals surface area contributed by atoms with Gasteiger partial charge in [-0.1, -0.05) is 30.3 Å². The van der Waals surface area contributed by atoms with E-state index >= 15 is 0 Å². The molecule has 1 saturated carbocycles. The van der Waals surface area contributed by atoms with E-state index in [1.54, 1.807) is 0 Å². The highest BCUT2D eigenvalue weighted by atomic mass is 32.2. The molecule has 2 aliphatic rings. The number of nitrogens with one attached hydrogen (secondary N) is 1. The first-order valence-electron chi connectivity index (χ1n) is 8.14. The van der Waals surface area contributed by atoms with Crippen LogP contribution >= 0.6 is 0 Å². The monoisotopic (exact) mass is 307 g/mol. The summed E-state index contributed by atoms with van der Waals surface area (Å²) in [6.07, 6.45) is 6.49. The molecule has 2 fully saturated rings. The second-order valence-electron chi connectivity index (χ2n) is 6.55. The minimum atomic E-state index is -2.74. The lowest BCUT2D eigenvalue weighted by Crippen LogP contribution is -2.44. The maximum absolute atomic E-state index is 11.5. The summed E-state index contributed by atoms with van der Waals surface area (Å²) in [5.41, 5.74) is 1.47. The van der Waals surface area contributed by atoms with Gasteiger partial charge >= 0.3 is 0 Å². The van der Waals surface area contributed by atoms with E-state index in [1.807, 2.05) is 0 Å². The van der Waals surface area contributed by atoms with E-state index in [0.717, 1.165) is 12.8 Å². The van der Waals surface area contributed by atoms with Crippen molar-refractivity contribution in [3.8, 4) is 0 Å². The molecule has 1 aliphatic carbocycles. The lowest BCUT2D eigenvalue weighted by Gasteiger charge is -2.33. The second kappa shape index (κ2) is 6.49. The van der Waals surface area contributed by atoms with E-state index in [9.17, 15) is 8.42 Å². The standard InChI is InChI=1S/C17H25NO2S/c19-21(20)12-10-17(11-13-21)18-16-8-6-15(7-9-16)14-4-2-1-3-5-14/h1-5,15-18H,6-13H2. The Bertz CT molecular complexity index is 533. The third kappa shape index (κ3) is 4.07. The molecule has 4 heteroatoms. The fourth-order valence-electron chi connectivity index (χ4n) is 3.71. The van der Waals surface area contributed by atoms with Gasteiger partial charge in [-0.3, -0.25) is 0 Å². The van der Waals surface area contributed by atoms with Crippen molar-refractivity contribution in [2.24, 2.45) is 0 Å². The molecule has 0 amide bonds. The summed E-state index contributed by atoms with van der Waals surface area (Å²) in [7, 11) is -2.74. The van der Waals surface area contributed by atoms with Gasteiger partial charge in [-0.25, -0.2) is 8.42 Å². The summed E-state index contributed by atoms with van der Waals surface area (Å²) >= 11 is 0. The lowest BCUT2D eigenvalue weighted by molar-refractivity contribution is 0.304. The highest BCUT2D eigenvalue weighted by Gasteiger charge is 2.27. The highest BCUT2D eigenvalue weighted by molar-refractivity contribution is 7.91. The van der Waals surface area contributed by atoms with E-state index in [2.05, 4.69) is 35.6 Å². The van der Waals surface area contributed by atoms with Crippen LogP contribution in [0.2, 0.25) is 0 Å². The summed E-state index contributed by atoms with van der Waals surface area (Å²) in [6.45, 7) is 0. The van der Waals surface area contributed by atoms with Gasteiger partial charge < -0.3 is 5.32 Å². The van der Waals surface area contributed by atoms with E-state index < -0.39 is 9.84 Å². The Balaban J connectivity index is 1.46. The Morgan fingerprint density at radius 1 is 0.810 bits per heavy atom. The molecule has 3 nitrogen and oxygen atoms in total. The molecule has 21 heavy (non-hydrogen) atoms. The van der Waals surface area contributed by atoms with Crippen molar-refractivity contribution in [3.63, 3.8) is 0 Å². The minimum Gasteiger partial charge on any atom is -0.311 e. The molecule has 0 atom stereocenters. The predicted octanol–water partition coefficient (Wildman–Crippen LogP) is 2.88. The van der Waals surface area contributed by atoms with Gasteiger partial charge in [0.2, 0.25) is 0 Å². The number of rotatable bonds is 3. The second-order valence-corrected chi connectivity index (χ2v) is 8.86. The molecular formula is C17H25NO2S. The van der Waals surface area contributed by atoms with Crippen molar-refractivity contribution >= 4 is 9.84 Å². The highest BCUT2D eigenvalue weighted by Crippen LogP contribution is 2.33. The summed E-state index contributed by atoms with van der Waals surface area (Å²) in [6, 6.07) is 11.8. The quantitative estimate of drug-likeness (QED) is 0.934. The topological polar surface area (TPSA) is 46.2 Å². The number of hydrogen-bond acceptors (Lipinski definition) is 3. The molecule has 0 radical (unpaired) electrons. The Morgan fingerprint density at radius 2 is 1.38 bits per heavy atom. The van der Waals surface area contributed by atoms with Crippen LogP contribution in [0.4, 0.5) is 0 Å². The summed E-state index contributed by atoms with van der Waals surface area (Å²) in [5.74, 6) is 1.43. The van der Waals surface area contributed by atoms with Crippen LogP contribution in [0.25, 0.3) is 0 Å². The van der Waals surface area contributed by atoms with Gasteiger partial charge in [0.05, 0.1) is 11.5 Å². The third-order valence-electron chi connectivity index (χ3n) is 5.02. The van der Waals surface area contributed by atoms with Crippen LogP contribution in [0.3, 0.4) is 0 Å². The van der Waals surface area contributed by atoms with Gasteiger partial charge in [0.1, 0.15) is 9.84 Å². The maximum atomic E-state index is 11.5. The van der Waals surface area contributed by atoms with Crippen LogP contribution in [-0.2, 0) is 9.84 Å². The average Bonchev–Trinajstić information content (AvgIpc) is 2.51. The average molecular weight is 307 g/mol. The minimum absolute atomic E-state index is 0.365. The lowest BCUT2D eigenvalue weighted by atomic mass is 9.81. The summed E-state index contributed by atoms with van der Waals surface area (Å²) < 4.78 is 22.9. The van der Waals surface area contributed by atoms with Gasteiger partial charge in [-0.2, -0.15) is 0 Å². The van der Waals surface area contributed by atoms with Crippen LogP contribution < -0.4 is 5.32 Å². The Morgan fingerprint density at radius 3 is 2.00 bits per heavy atom. The van der Waals surface area contributed by atoms with Crippen LogP contribution in [0, 0.1) is 0 Å². The summed E-state index contributed by atoms with van der Waals surface area (Å²) in [4.78, 5) is 0. The molecular weight excluding hydrogens is 282 g/mol. The Hall–Kier alpha value is -0.870. The zero-order valence-corrected chi connectivity index (χ0v) is 13.3. The molecule has 1 aromatic rings. The van der Waals surface area contributed by atoms with Crippen molar-refractivity contribution in [1.82, 2.24) is 5.32 Å². The molecule has 1 heterocycles. The Kier molecular flexibility index (Phi) is 4.65. The van der Waals surface area contributed by atoms with Crippen LogP contribution in [0.5, 0.6) is 0 Å². The maximum Gasteiger partial charge on any atom is 0.150 e. The molecule has 1 saturated heterocycles. The number of sulfone groups is 1. The van der Waals surface area contributed by atoms with Crippen molar-refractivity contribution in [3.05, 3.63) is 35.9 Å². The summed E-state index contributed by atoms with van der Waals surface area (Å²) in [5, 5.41) is 3.70. The normalized spacial score (nSPS) is 30.1. The fraction of sp³-hybridized carbons (Fsp3) is 0.647. The van der Waals surface area contributed by atoms with Gasteiger partial charge in [0.15, 0.2) is 0 Å². The van der Waals surface area contributed by atoms with E-state index in [4.69, 9.17) is 0 Å². The van der Waals surface area contributed by atoms with Crippen molar-refractivity contribution in [2.45, 2.75) is 56.5 Å². The number of benzene rings is 1. The third-order valence-corrected chi connectivity index (χ3v) is 6.74. The molecule has 3 rings (SSSR count). The molecule has 0 aromatic heterocycles. The van der Waals surface area contributed by atoms with Gasteiger partial charge in [0, 0.05) is 12.1 Å². The van der Waals surface area contributed by atoms with Crippen LogP contribution in [0.1, 0.15) is 50.0 Å². The first-order chi connectivity index (χ1) is 10.1. The predicted molar refractivity (Wildman–Crippen MR) is 86.3 cm³/mol. The number of hydrogen-bond donors (Lipinski definition) is 1. The molecule has 1 aromatic carbocycles. The van der Waals surface area contributed by atoms with Crippen LogP contribution in [-0.4, -0.2) is 32.0 Å². The molecule has 1 N–H and O–H groups in total. The first kappa shape index (κ1) is 15.0. The van der Waals surface area contributed by atoms with Gasteiger partial charge in [-0.05, 0) is 50.0 Å². The van der Waals surface area contributed by atoms with Crippen molar-refractivity contribution < 1.29 is 8.42 Å². The zero-order chi connectivity index (χ0) is 14.7. The van der Waals surface area contributed by atoms with Crippen LogP contribution in [0.15, 0.2) is 30.3 Å². The van der Waals surface area contributed by atoms with E-state index in [-0.39, 0.29) is 0 Å². The Labute approximate surface area is 128 Å². The van der Waals surface area contributed by atoms with Crippen molar-refractivity contribution in [1.29, 1.82) is 0 Å². The fourth-order valence-corrected chi connectivity index (χ4v) is 5.20. The van der Waals surface area contributed by atoms with Crippen molar-refractivity contribution in [2.75, 3.05) is 11.5 Å². The molecule has 1 aliphatic heterocycles. The smallest absolute Gasteiger partial charge is 0.150 e. The SMILES string of the molecule is O=S1(=O)CCC(NC2CCC(c3ccccc3)CC2)CC1.